The minimum Gasteiger partial charge on any atom is -0.465 e. The molecule has 134 valence electrons. The summed E-state index contributed by atoms with van der Waals surface area (Å²) in [6.45, 7) is 1.65. The van der Waals surface area contributed by atoms with Crippen molar-refractivity contribution in [2.24, 2.45) is 0 Å². The number of carbonyl (C=O) groups is 4. The summed E-state index contributed by atoms with van der Waals surface area (Å²) in [7, 11) is 1.28. The van der Waals surface area contributed by atoms with Gasteiger partial charge in [0.25, 0.3) is 0 Å². The van der Waals surface area contributed by atoms with Gasteiger partial charge >= 0.3 is 17.8 Å². The lowest BCUT2D eigenvalue weighted by atomic mass is 10.2. The number of hydrogen-bond acceptors (Lipinski definition) is 5. The van der Waals surface area contributed by atoms with Crippen molar-refractivity contribution in [2.45, 2.75) is 19.3 Å². The molecule has 0 saturated carbocycles. The third-order valence-electron chi connectivity index (χ3n) is 3.83. The van der Waals surface area contributed by atoms with E-state index in [1.165, 1.54) is 31.4 Å². The van der Waals surface area contributed by atoms with Gasteiger partial charge < -0.3 is 20.3 Å². The first-order valence-corrected chi connectivity index (χ1v) is 8.06. The second-order valence-electron chi connectivity index (χ2n) is 5.62. The molecule has 0 aliphatic carbocycles. The van der Waals surface area contributed by atoms with Gasteiger partial charge in [0.05, 0.1) is 12.7 Å². The van der Waals surface area contributed by atoms with Crippen LogP contribution in [0.4, 0.5) is 5.69 Å². The fraction of sp³-hybridized carbons (Fsp3) is 0.412. The maximum Gasteiger partial charge on any atom is 0.337 e. The molecule has 1 aromatic rings. The van der Waals surface area contributed by atoms with Gasteiger partial charge in [0.1, 0.15) is 0 Å². The van der Waals surface area contributed by atoms with Crippen LogP contribution in [0.5, 0.6) is 0 Å². The summed E-state index contributed by atoms with van der Waals surface area (Å²) >= 11 is 0. The zero-order chi connectivity index (χ0) is 18.2. The Bertz CT molecular complexity index is 657. The molecule has 1 aliphatic rings. The minimum absolute atomic E-state index is 0.138. The lowest BCUT2D eigenvalue weighted by Gasteiger charge is -2.15. The predicted octanol–water partition coefficient (Wildman–Crippen LogP) is 0.540. The van der Waals surface area contributed by atoms with Crippen LogP contribution in [-0.4, -0.2) is 55.3 Å². The molecule has 0 atom stereocenters. The van der Waals surface area contributed by atoms with Gasteiger partial charge in [0.15, 0.2) is 0 Å². The number of likely N-dealkylation sites (tertiary alicyclic amines) is 1. The molecular weight excluding hydrogens is 326 g/mol. The lowest BCUT2D eigenvalue weighted by molar-refractivity contribution is -0.136. The standard InChI is InChI=1S/C17H21N3O5/c1-25-17(24)12-5-7-13(8-6-12)19-16(23)15(22)18-9-3-11-20-10-2-4-14(20)21/h5-8H,2-4,9-11H2,1H3,(H,18,22)(H,19,23). The molecule has 1 saturated heterocycles. The van der Waals surface area contributed by atoms with E-state index in [9.17, 15) is 19.2 Å². The fourth-order valence-electron chi connectivity index (χ4n) is 2.49. The highest BCUT2D eigenvalue weighted by molar-refractivity contribution is 6.39. The number of nitrogens with zero attached hydrogens (tertiary/aromatic N) is 1. The van der Waals surface area contributed by atoms with Crippen molar-refractivity contribution in [1.29, 1.82) is 0 Å². The Morgan fingerprint density at radius 1 is 1.16 bits per heavy atom. The molecule has 3 amide bonds. The summed E-state index contributed by atoms with van der Waals surface area (Å²) in [5, 5.41) is 4.96. The first-order chi connectivity index (χ1) is 12.0. The van der Waals surface area contributed by atoms with Gasteiger partial charge in [0, 0.05) is 31.7 Å². The Morgan fingerprint density at radius 3 is 2.48 bits per heavy atom. The summed E-state index contributed by atoms with van der Waals surface area (Å²) in [6.07, 6.45) is 2.06. The van der Waals surface area contributed by atoms with Gasteiger partial charge in [0.2, 0.25) is 5.91 Å². The first-order valence-electron chi connectivity index (χ1n) is 8.06. The molecule has 8 nitrogen and oxygen atoms in total. The molecule has 0 unspecified atom stereocenters. The first kappa shape index (κ1) is 18.4. The normalized spacial score (nSPS) is 13.5. The third kappa shape index (κ3) is 5.30. The van der Waals surface area contributed by atoms with Crippen molar-refractivity contribution in [2.75, 3.05) is 32.1 Å². The Kier molecular flexibility index (Phi) is 6.50. The van der Waals surface area contributed by atoms with Gasteiger partial charge in [-0.25, -0.2) is 4.79 Å². The number of esters is 1. The van der Waals surface area contributed by atoms with Gasteiger partial charge in [-0.15, -0.1) is 0 Å². The number of ether oxygens (including phenoxy) is 1. The number of rotatable bonds is 6. The van der Waals surface area contributed by atoms with Gasteiger partial charge in [-0.05, 0) is 37.1 Å². The fourth-order valence-corrected chi connectivity index (χ4v) is 2.49. The van der Waals surface area contributed by atoms with Gasteiger partial charge in [-0.3, -0.25) is 14.4 Å². The van der Waals surface area contributed by atoms with Crippen LogP contribution in [0.1, 0.15) is 29.6 Å². The molecule has 0 radical (unpaired) electrons. The van der Waals surface area contributed by atoms with Crippen LogP contribution < -0.4 is 10.6 Å². The number of nitrogens with one attached hydrogen (secondary N) is 2. The second-order valence-corrected chi connectivity index (χ2v) is 5.62. The molecule has 0 spiro atoms. The van der Waals surface area contributed by atoms with E-state index in [1.54, 1.807) is 4.90 Å². The van der Waals surface area contributed by atoms with E-state index in [0.29, 0.717) is 37.2 Å². The number of methoxy groups -OCH3 is 1. The zero-order valence-electron chi connectivity index (χ0n) is 14.0. The molecule has 1 fully saturated rings. The zero-order valence-corrected chi connectivity index (χ0v) is 14.0. The summed E-state index contributed by atoms with van der Waals surface area (Å²) in [5.41, 5.74) is 0.747. The van der Waals surface area contributed by atoms with Crippen LogP contribution in [0, 0.1) is 0 Å². The van der Waals surface area contributed by atoms with Crippen LogP contribution >= 0.6 is 0 Å². The van der Waals surface area contributed by atoms with E-state index in [-0.39, 0.29) is 5.91 Å². The van der Waals surface area contributed by atoms with Crippen LogP contribution in [0.2, 0.25) is 0 Å². The quantitative estimate of drug-likeness (QED) is 0.444. The van der Waals surface area contributed by atoms with E-state index >= 15 is 0 Å². The molecule has 25 heavy (non-hydrogen) atoms. The number of anilines is 1. The predicted molar refractivity (Wildman–Crippen MR) is 89.9 cm³/mol. The molecular formula is C17H21N3O5. The smallest absolute Gasteiger partial charge is 0.337 e. The minimum atomic E-state index is -0.789. The highest BCUT2D eigenvalue weighted by atomic mass is 16.5. The molecule has 0 bridgehead atoms. The summed E-state index contributed by atoms with van der Waals surface area (Å²) in [6, 6.07) is 6.01. The van der Waals surface area contributed by atoms with Crippen molar-refractivity contribution in [3.05, 3.63) is 29.8 Å². The van der Waals surface area contributed by atoms with Crippen molar-refractivity contribution in [3.63, 3.8) is 0 Å². The van der Waals surface area contributed by atoms with E-state index in [1.807, 2.05) is 0 Å². The average molecular weight is 347 g/mol. The van der Waals surface area contributed by atoms with Crippen molar-refractivity contribution >= 4 is 29.4 Å². The average Bonchev–Trinajstić information content (AvgIpc) is 3.03. The van der Waals surface area contributed by atoms with Crippen LogP contribution in [0.25, 0.3) is 0 Å². The van der Waals surface area contributed by atoms with E-state index < -0.39 is 17.8 Å². The molecule has 8 heteroatoms. The second kappa shape index (κ2) is 8.81. The van der Waals surface area contributed by atoms with Crippen LogP contribution in [-0.2, 0) is 19.1 Å². The molecule has 1 aromatic carbocycles. The maximum absolute atomic E-state index is 11.8. The van der Waals surface area contributed by atoms with Gasteiger partial charge in [-0.1, -0.05) is 0 Å². The maximum atomic E-state index is 11.8. The molecule has 2 rings (SSSR count). The Balaban J connectivity index is 1.71. The number of benzene rings is 1. The molecule has 0 aromatic heterocycles. The molecule has 1 aliphatic heterocycles. The van der Waals surface area contributed by atoms with Crippen LogP contribution in [0.3, 0.4) is 0 Å². The Morgan fingerprint density at radius 2 is 1.88 bits per heavy atom. The monoisotopic (exact) mass is 347 g/mol. The van der Waals surface area contributed by atoms with Crippen molar-refractivity contribution < 1.29 is 23.9 Å². The van der Waals surface area contributed by atoms with Crippen LogP contribution in [0.15, 0.2) is 24.3 Å². The largest absolute Gasteiger partial charge is 0.465 e. The summed E-state index contributed by atoms with van der Waals surface area (Å²) < 4.78 is 4.58. The van der Waals surface area contributed by atoms with E-state index in [4.69, 9.17) is 0 Å². The number of hydrogen-bond donors (Lipinski definition) is 2. The lowest BCUT2D eigenvalue weighted by Crippen LogP contribution is -2.37. The van der Waals surface area contributed by atoms with Crippen molar-refractivity contribution in [3.8, 4) is 0 Å². The van der Waals surface area contributed by atoms with E-state index in [2.05, 4.69) is 15.4 Å². The Labute approximate surface area is 145 Å². The van der Waals surface area contributed by atoms with Gasteiger partial charge in [-0.2, -0.15) is 0 Å². The number of carbonyl (C=O) groups excluding carboxylic acids is 4. The highest BCUT2D eigenvalue weighted by Gasteiger charge is 2.19. The summed E-state index contributed by atoms with van der Waals surface area (Å²) in [4.78, 5) is 48.1. The third-order valence-corrected chi connectivity index (χ3v) is 3.83. The summed E-state index contributed by atoms with van der Waals surface area (Å²) in [5.74, 6) is -1.88. The molecule has 1 heterocycles. The SMILES string of the molecule is COC(=O)c1ccc(NC(=O)C(=O)NCCCN2CCCC2=O)cc1. The van der Waals surface area contributed by atoms with E-state index in [0.717, 1.165) is 13.0 Å². The topological polar surface area (TPSA) is 105 Å². The molecule has 2 N–H and O–H groups in total. The number of amides is 3. The highest BCUT2D eigenvalue weighted by Crippen LogP contribution is 2.11. The van der Waals surface area contributed by atoms with Crippen molar-refractivity contribution in [1.82, 2.24) is 10.2 Å². The Hall–Kier alpha value is -2.90.